The molecule has 0 radical (unpaired) electrons. The molecule has 2 aliphatic rings. The topological polar surface area (TPSA) is 48.5 Å². The molecule has 1 aromatic heterocycles. The SMILES string of the molecule is CNC(=O)c1ccnc(N2CCC3(CC2)C[C@@H](c2ccccc2)CN(C)C3)c1. The molecule has 5 nitrogen and oxygen atoms in total. The van der Waals surface area contributed by atoms with Gasteiger partial charge in [0.2, 0.25) is 0 Å². The molecule has 1 N–H and O–H groups in total. The van der Waals surface area contributed by atoms with Crippen LogP contribution in [0.15, 0.2) is 48.7 Å². The second-order valence-corrected chi connectivity index (χ2v) is 8.48. The van der Waals surface area contributed by atoms with Crippen molar-refractivity contribution in [2.45, 2.75) is 25.2 Å². The first-order valence-corrected chi connectivity index (χ1v) is 10.3. The summed E-state index contributed by atoms with van der Waals surface area (Å²) in [7, 11) is 3.92. The van der Waals surface area contributed by atoms with Crippen molar-refractivity contribution in [3.8, 4) is 0 Å². The van der Waals surface area contributed by atoms with Crippen LogP contribution in [0, 0.1) is 5.41 Å². The summed E-state index contributed by atoms with van der Waals surface area (Å²) < 4.78 is 0. The number of nitrogens with one attached hydrogen (secondary N) is 1. The summed E-state index contributed by atoms with van der Waals surface area (Å²) in [6.45, 7) is 4.32. The van der Waals surface area contributed by atoms with Gasteiger partial charge in [0.15, 0.2) is 0 Å². The summed E-state index contributed by atoms with van der Waals surface area (Å²) in [6, 6.07) is 14.7. The number of amides is 1. The van der Waals surface area contributed by atoms with Gasteiger partial charge in [-0.3, -0.25) is 4.79 Å². The Morgan fingerprint density at radius 1 is 1.18 bits per heavy atom. The molecule has 1 spiro atoms. The molecule has 1 amide bonds. The lowest BCUT2D eigenvalue weighted by atomic mass is 9.68. The molecular formula is C23H30N4O. The van der Waals surface area contributed by atoms with Gasteiger partial charge in [-0.1, -0.05) is 30.3 Å². The summed E-state index contributed by atoms with van der Waals surface area (Å²) in [5.41, 5.74) is 2.52. The number of hydrogen-bond donors (Lipinski definition) is 1. The van der Waals surface area contributed by atoms with Gasteiger partial charge in [0, 0.05) is 45.0 Å². The number of likely N-dealkylation sites (tertiary alicyclic amines) is 1. The molecule has 0 saturated carbocycles. The molecule has 2 saturated heterocycles. The van der Waals surface area contributed by atoms with Crippen LogP contribution in [-0.2, 0) is 0 Å². The van der Waals surface area contributed by atoms with Crippen LogP contribution in [0.25, 0.3) is 0 Å². The zero-order valence-corrected chi connectivity index (χ0v) is 16.9. The molecule has 3 heterocycles. The number of carbonyl (C=O) groups is 1. The van der Waals surface area contributed by atoms with E-state index < -0.39 is 0 Å². The number of rotatable bonds is 3. The molecular weight excluding hydrogens is 348 g/mol. The van der Waals surface area contributed by atoms with Gasteiger partial charge in [-0.25, -0.2) is 4.98 Å². The van der Waals surface area contributed by atoms with Crippen molar-refractivity contribution >= 4 is 11.7 Å². The third-order valence-electron chi connectivity index (χ3n) is 6.47. The number of likely N-dealkylation sites (N-methyl/N-ethyl adjacent to an activating group) is 1. The third-order valence-corrected chi connectivity index (χ3v) is 6.47. The average molecular weight is 379 g/mol. The number of anilines is 1. The fraction of sp³-hybridized carbons (Fsp3) is 0.478. The van der Waals surface area contributed by atoms with Gasteiger partial charge in [0.05, 0.1) is 0 Å². The Labute approximate surface area is 167 Å². The van der Waals surface area contributed by atoms with Crippen molar-refractivity contribution in [1.29, 1.82) is 0 Å². The van der Waals surface area contributed by atoms with Crippen molar-refractivity contribution in [2.75, 3.05) is 45.2 Å². The van der Waals surface area contributed by atoms with Crippen molar-refractivity contribution < 1.29 is 4.79 Å². The van der Waals surface area contributed by atoms with E-state index in [-0.39, 0.29) is 5.91 Å². The average Bonchev–Trinajstić information content (AvgIpc) is 2.74. The summed E-state index contributed by atoms with van der Waals surface area (Å²) in [4.78, 5) is 21.3. The van der Waals surface area contributed by atoms with E-state index in [0.717, 1.165) is 25.5 Å². The fourth-order valence-electron chi connectivity index (χ4n) is 5.06. The highest BCUT2D eigenvalue weighted by Gasteiger charge is 2.41. The smallest absolute Gasteiger partial charge is 0.251 e. The summed E-state index contributed by atoms with van der Waals surface area (Å²) >= 11 is 0. The molecule has 1 atom stereocenters. The Bertz CT molecular complexity index is 814. The first-order chi connectivity index (χ1) is 13.6. The summed E-state index contributed by atoms with van der Waals surface area (Å²) in [5, 5.41) is 2.69. The lowest BCUT2D eigenvalue weighted by molar-refractivity contribution is 0.0671. The van der Waals surface area contributed by atoms with Gasteiger partial charge in [0.25, 0.3) is 5.91 Å². The Balaban J connectivity index is 1.46. The lowest BCUT2D eigenvalue weighted by Crippen LogP contribution is -2.50. The minimum atomic E-state index is -0.0586. The first-order valence-electron chi connectivity index (χ1n) is 10.3. The van der Waals surface area contributed by atoms with Crippen LogP contribution >= 0.6 is 0 Å². The van der Waals surface area contributed by atoms with Crippen LogP contribution < -0.4 is 10.2 Å². The van der Waals surface area contributed by atoms with E-state index in [1.54, 1.807) is 19.3 Å². The number of aromatic nitrogens is 1. The van der Waals surface area contributed by atoms with Gasteiger partial charge in [-0.15, -0.1) is 0 Å². The first kappa shape index (κ1) is 18.9. The standard InChI is InChI=1S/C23H30N4O/c1-24-22(28)19-8-11-25-21(14-19)27-12-9-23(10-13-27)15-20(16-26(2)17-23)18-6-4-3-5-7-18/h3-8,11,14,20H,9-10,12-13,15-17H2,1-2H3,(H,24,28)/t20-/m1/s1. The van der Waals surface area contributed by atoms with Crippen molar-refractivity contribution in [3.05, 3.63) is 59.8 Å². The highest BCUT2D eigenvalue weighted by molar-refractivity contribution is 5.94. The Hall–Kier alpha value is -2.40. The van der Waals surface area contributed by atoms with Gasteiger partial charge >= 0.3 is 0 Å². The van der Waals surface area contributed by atoms with E-state index in [1.165, 1.54) is 31.4 Å². The van der Waals surface area contributed by atoms with Crippen LogP contribution in [0.3, 0.4) is 0 Å². The van der Waals surface area contributed by atoms with Gasteiger partial charge in [-0.05, 0) is 55.3 Å². The molecule has 2 aromatic rings. The maximum atomic E-state index is 11.9. The number of hydrogen-bond acceptors (Lipinski definition) is 4. The van der Waals surface area contributed by atoms with Gasteiger partial charge in [-0.2, -0.15) is 0 Å². The van der Waals surface area contributed by atoms with E-state index in [0.29, 0.717) is 16.9 Å². The minimum Gasteiger partial charge on any atom is -0.357 e. The molecule has 148 valence electrons. The van der Waals surface area contributed by atoms with E-state index in [4.69, 9.17) is 0 Å². The van der Waals surface area contributed by atoms with Crippen LogP contribution in [0.1, 0.15) is 41.1 Å². The summed E-state index contributed by atoms with van der Waals surface area (Å²) in [5.74, 6) is 1.47. The van der Waals surface area contributed by atoms with Gasteiger partial charge < -0.3 is 15.1 Å². The zero-order valence-electron chi connectivity index (χ0n) is 16.9. The van der Waals surface area contributed by atoms with E-state index in [1.807, 2.05) is 6.07 Å². The summed E-state index contributed by atoms with van der Waals surface area (Å²) in [6.07, 6.45) is 5.35. The van der Waals surface area contributed by atoms with Crippen LogP contribution in [0.4, 0.5) is 5.82 Å². The lowest BCUT2D eigenvalue weighted by Gasteiger charge is -2.49. The Morgan fingerprint density at radius 2 is 1.93 bits per heavy atom. The van der Waals surface area contributed by atoms with Crippen LogP contribution in [0.2, 0.25) is 0 Å². The number of piperidine rings is 2. The number of pyridine rings is 1. The highest BCUT2D eigenvalue weighted by Crippen LogP contribution is 2.45. The normalized spacial score (nSPS) is 22.2. The van der Waals surface area contributed by atoms with E-state index >= 15 is 0 Å². The molecule has 2 fully saturated rings. The maximum absolute atomic E-state index is 11.9. The molecule has 0 bridgehead atoms. The highest BCUT2D eigenvalue weighted by atomic mass is 16.1. The van der Waals surface area contributed by atoms with Crippen LogP contribution in [0.5, 0.6) is 0 Å². The van der Waals surface area contributed by atoms with E-state index in [2.05, 4.69) is 57.5 Å². The number of nitrogens with zero attached hydrogens (tertiary/aromatic N) is 3. The minimum absolute atomic E-state index is 0.0586. The fourth-order valence-corrected chi connectivity index (χ4v) is 5.06. The monoisotopic (exact) mass is 378 g/mol. The molecule has 0 unspecified atom stereocenters. The molecule has 1 aromatic carbocycles. The predicted octanol–water partition coefficient (Wildman–Crippen LogP) is 3.15. The van der Waals surface area contributed by atoms with Crippen molar-refractivity contribution in [2.24, 2.45) is 5.41 Å². The Morgan fingerprint density at radius 3 is 2.64 bits per heavy atom. The maximum Gasteiger partial charge on any atom is 0.251 e. The van der Waals surface area contributed by atoms with Crippen LogP contribution in [-0.4, -0.2) is 56.1 Å². The van der Waals surface area contributed by atoms with Crippen molar-refractivity contribution in [3.63, 3.8) is 0 Å². The number of benzene rings is 1. The Kier molecular flexibility index (Phi) is 5.36. The predicted molar refractivity (Wildman–Crippen MR) is 113 cm³/mol. The zero-order chi connectivity index (χ0) is 19.6. The molecule has 4 rings (SSSR count). The molecule has 2 aliphatic heterocycles. The van der Waals surface area contributed by atoms with Crippen molar-refractivity contribution in [1.82, 2.24) is 15.2 Å². The second-order valence-electron chi connectivity index (χ2n) is 8.48. The van der Waals surface area contributed by atoms with E-state index in [9.17, 15) is 4.79 Å². The second kappa shape index (κ2) is 7.92. The molecule has 0 aliphatic carbocycles. The quantitative estimate of drug-likeness (QED) is 0.891. The molecule has 5 heteroatoms. The third kappa shape index (κ3) is 3.90. The number of carbonyl (C=O) groups excluding carboxylic acids is 1. The largest absolute Gasteiger partial charge is 0.357 e. The van der Waals surface area contributed by atoms with Gasteiger partial charge in [0.1, 0.15) is 5.82 Å². The molecule has 28 heavy (non-hydrogen) atoms.